The zero-order valence-corrected chi connectivity index (χ0v) is 9.98. The first kappa shape index (κ1) is 12.7. The van der Waals surface area contributed by atoms with E-state index in [1.807, 2.05) is 6.08 Å². The highest BCUT2D eigenvalue weighted by molar-refractivity contribution is 4.98. The molecule has 1 heteroatoms. The first-order valence-electron chi connectivity index (χ1n) is 4.98. The van der Waals surface area contributed by atoms with E-state index in [1.54, 1.807) is 7.11 Å². The van der Waals surface area contributed by atoms with Gasteiger partial charge in [-0.2, -0.15) is 0 Å². The van der Waals surface area contributed by atoms with Gasteiger partial charge in [0.05, 0.1) is 5.60 Å². The zero-order valence-electron chi connectivity index (χ0n) is 9.98. The highest BCUT2D eigenvalue weighted by Gasteiger charge is 2.43. The van der Waals surface area contributed by atoms with Crippen molar-refractivity contribution in [3.63, 3.8) is 0 Å². The van der Waals surface area contributed by atoms with Gasteiger partial charge in [0.15, 0.2) is 0 Å². The van der Waals surface area contributed by atoms with Crippen molar-refractivity contribution in [3.8, 4) is 0 Å². The van der Waals surface area contributed by atoms with Gasteiger partial charge in [-0.15, -0.1) is 6.58 Å². The Morgan fingerprint density at radius 2 is 1.77 bits per heavy atom. The van der Waals surface area contributed by atoms with Crippen molar-refractivity contribution in [2.75, 3.05) is 7.11 Å². The molecule has 0 heterocycles. The summed E-state index contributed by atoms with van der Waals surface area (Å²) in [4.78, 5) is 0. The van der Waals surface area contributed by atoms with Crippen LogP contribution in [0.5, 0.6) is 0 Å². The van der Waals surface area contributed by atoms with Crippen LogP contribution in [-0.4, -0.2) is 12.7 Å². The fourth-order valence-electron chi connectivity index (χ4n) is 2.25. The van der Waals surface area contributed by atoms with Gasteiger partial charge in [-0.05, 0) is 17.8 Å². The molecule has 78 valence electrons. The Labute approximate surface area is 83.2 Å². The molecule has 0 aliphatic rings. The maximum absolute atomic E-state index is 5.73. The van der Waals surface area contributed by atoms with Gasteiger partial charge < -0.3 is 4.74 Å². The molecule has 0 N–H and O–H groups in total. The first-order chi connectivity index (χ1) is 5.81. The minimum Gasteiger partial charge on any atom is -0.377 e. The highest BCUT2D eigenvalue weighted by atomic mass is 16.5. The van der Waals surface area contributed by atoms with E-state index in [4.69, 9.17) is 4.74 Å². The minimum absolute atomic E-state index is 0.0885. The summed E-state index contributed by atoms with van der Waals surface area (Å²) < 4.78 is 5.73. The highest BCUT2D eigenvalue weighted by Crippen LogP contribution is 2.42. The standard InChI is InChI=1S/C12H24O/c1-8-9-12(13-7,10(2)3)11(4,5)6/h8,10H,1,9H2,2-7H3/t12-/m1/s1. The van der Waals surface area contributed by atoms with Crippen LogP contribution in [0.15, 0.2) is 12.7 Å². The van der Waals surface area contributed by atoms with Crippen molar-refractivity contribution in [2.24, 2.45) is 11.3 Å². The summed E-state index contributed by atoms with van der Waals surface area (Å²) in [5.41, 5.74) is 0.0544. The van der Waals surface area contributed by atoms with E-state index >= 15 is 0 Å². The Morgan fingerprint density at radius 1 is 1.31 bits per heavy atom. The number of ether oxygens (including phenoxy) is 1. The SMILES string of the molecule is C=CC[C@@](OC)(C(C)C)C(C)(C)C. The summed E-state index contributed by atoms with van der Waals surface area (Å²) in [5.74, 6) is 0.496. The second kappa shape index (κ2) is 4.28. The Hall–Kier alpha value is -0.300. The third-order valence-corrected chi connectivity index (χ3v) is 3.01. The van der Waals surface area contributed by atoms with Crippen molar-refractivity contribution in [2.45, 2.75) is 46.6 Å². The largest absolute Gasteiger partial charge is 0.377 e. The van der Waals surface area contributed by atoms with E-state index in [-0.39, 0.29) is 11.0 Å². The van der Waals surface area contributed by atoms with Gasteiger partial charge in [0.25, 0.3) is 0 Å². The molecule has 0 radical (unpaired) electrons. The molecule has 13 heavy (non-hydrogen) atoms. The lowest BCUT2D eigenvalue weighted by atomic mass is 9.68. The second-order valence-corrected chi connectivity index (χ2v) is 4.99. The van der Waals surface area contributed by atoms with Crippen LogP contribution in [0.1, 0.15) is 41.0 Å². The second-order valence-electron chi connectivity index (χ2n) is 4.99. The third-order valence-electron chi connectivity index (χ3n) is 3.01. The van der Waals surface area contributed by atoms with Crippen molar-refractivity contribution < 1.29 is 4.74 Å². The molecule has 0 amide bonds. The molecule has 0 fully saturated rings. The van der Waals surface area contributed by atoms with Crippen LogP contribution in [-0.2, 0) is 4.74 Å². The molecule has 0 aromatic rings. The molecule has 0 aromatic carbocycles. The Balaban J connectivity index is 4.97. The summed E-state index contributed by atoms with van der Waals surface area (Å²) in [7, 11) is 1.80. The molecule has 0 saturated heterocycles. The minimum atomic E-state index is -0.0885. The van der Waals surface area contributed by atoms with Crippen molar-refractivity contribution in [1.82, 2.24) is 0 Å². The molecule has 0 aromatic heterocycles. The molecule has 0 aliphatic heterocycles. The first-order valence-corrected chi connectivity index (χ1v) is 4.98. The maximum Gasteiger partial charge on any atom is 0.0783 e. The summed E-state index contributed by atoms with van der Waals surface area (Å²) >= 11 is 0. The van der Waals surface area contributed by atoms with Gasteiger partial charge >= 0.3 is 0 Å². The van der Waals surface area contributed by atoms with Crippen LogP contribution in [0.3, 0.4) is 0 Å². The zero-order chi connectivity index (χ0) is 10.7. The lowest BCUT2D eigenvalue weighted by Crippen LogP contribution is -2.48. The van der Waals surface area contributed by atoms with E-state index in [0.717, 1.165) is 6.42 Å². The van der Waals surface area contributed by atoms with Crippen LogP contribution in [0.25, 0.3) is 0 Å². The molecule has 0 saturated carbocycles. The lowest BCUT2D eigenvalue weighted by Gasteiger charge is -2.46. The van der Waals surface area contributed by atoms with Crippen LogP contribution < -0.4 is 0 Å². The molecule has 1 atom stereocenters. The van der Waals surface area contributed by atoms with Crippen molar-refractivity contribution in [1.29, 1.82) is 0 Å². The Morgan fingerprint density at radius 3 is 1.85 bits per heavy atom. The average Bonchev–Trinajstić information content (AvgIpc) is 1.96. The number of rotatable bonds is 4. The predicted octanol–water partition coefficient (Wildman–Crippen LogP) is 3.65. The molecular weight excluding hydrogens is 160 g/mol. The molecule has 0 spiro atoms. The topological polar surface area (TPSA) is 9.23 Å². The van der Waals surface area contributed by atoms with E-state index in [1.165, 1.54) is 0 Å². The fraction of sp³-hybridized carbons (Fsp3) is 0.833. The average molecular weight is 184 g/mol. The fourth-order valence-corrected chi connectivity index (χ4v) is 2.25. The summed E-state index contributed by atoms with van der Waals surface area (Å²) in [6, 6.07) is 0. The van der Waals surface area contributed by atoms with Crippen molar-refractivity contribution >= 4 is 0 Å². The number of hydrogen-bond donors (Lipinski definition) is 0. The molecule has 0 aliphatic carbocycles. The Kier molecular flexibility index (Phi) is 4.18. The quantitative estimate of drug-likeness (QED) is 0.606. The number of hydrogen-bond acceptors (Lipinski definition) is 1. The van der Waals surface area contributed by atoms with Crippen LogP contribution >= 0.6 is 0 Å². The summed E-state index contributed by atoms with van der Waals surface area (Å²) in [5, 5.41) is 0. The van der Waals surface area contributed by atoms with E-state index in [2.05, 4.69) is 41.2 Å². The normalized spacial score (nSPS) is 17.2. The van der Waals surface area contributed by atoms with Gasteiger partial charge in [-0.1, -0.05) is 40.7 Å². The van der Waals surface area contributed by atoms with Gasteiger partial charge in [-0.25, -0.2) is 0 Å². The van der Waals surface area contributed by atoms with E-state index < -0.39 is 0 Å². The van der Waals surface area contributed by atoms with Gasteiger partial charge in [0.1, 0.15) is 0 Å². The van der Waals surface area contributed by atoms with Crippen molar-refractivity contribution in [3.05, 3.63) is 12.7 Å². The lowest BCUT2D eigenvalue weighted by molar-refractivity contribution is -0.122. The number of methoxy groups -OCH3 is 1. The third kappa shape index (κ3) is 2.34. The van der Waals surface area contributed by atoms with E-state index in [9.17, 15) is 0 Å². The maximum atomic E-state index is 5.73. The van der Waals surface area contributed by atoms with Gasteiger partial charge in [0, 0.05) is 7.11 Å². The van der Waals surface area contributed by atoms with Crippen LogP contribution in [0.2, 0.25) is 0 Å². The van der Waals surface area contributed by atoms with Crippen LogP contribution in [0.4, 0.5) is 0 Å². The smallest absolute Gasteiger partial charge is 0.0783 e. The molecule has 0 rings (SSSR count). The molecule has 0 unspecified atom stereocenters. The molecular formula is C12H24O. The summed E-state index contributed by atoms with van der Waals surface area (Å²) in [6.45, 7) is 14.9. The molecule has 1 nitrogen and oxygen atoms in total. The van der Waals surface area contributed by atoms with Crippen LogP contribution in [0, 0.1) is 11.3 Å². The molecule has 0 bridgehead atoms. The monoisotopic (exact) mass is 184 g/mol. The van der Waals surface area contributed by atoms with E-state index in [0.29, 0.717) is 5.92 Å². The van der Waals surface area contributed by atoms with Gasteiger partial charge in [0.2, 0.25) is 0 Å². The Bertz CT molecular complexity index is 164. The predicted molar refractivity (Wildman–Crippen MR) is 58.8 cm³/mol. The van der Waals surface area contributed by atoms with Gasteiger partial charge in [-0.3, -0.25) is 0 Å². The summed E-state index contributed by atoms with van der Waals surface area (Å²) in [6.07, 6.45) is 2.86.